The van der Waals surface area contributed by atoms with Crippen molar-refractivity contribution >= 4 is 11.8 Å². The first-order valence-corrected chi connectivity index (χ1v) is 1.93. The Bertz CT molecular complexity index is 184. The normalized spacial score (nSPS) is 5.40. The summed E-state index contributed by atoms with van der Waals surface area (Å²) in [5.74, 6) is -2.20. The molecule has 0 aromatic carbocycles. The maximum Gasteiger partial charge on any atom is 0.306 e. The van der Waals surface area contributed by atoms with Gasteiger partial charge in [0.25, 0.3) is 0 Å². The highest BCUT2D eigenvalue weighted by Gasteiger charge is 1.96. The molecule has 52 valence electrons. The fraction of sp³-hybridized carbons (Fsp3) is 0. The van der Waals surface area contributed by atoms with Gasteiger partial charge in [-0.1, -0.05) is 0 Å². The van der Waals surface area contributed by atoms with E-state index in [0.717, 1.165) is 0 Å². The molecule has 0 radical (unpaired) electrons. The minimum Gasteiger partial charge on any atom is -0.361 e. The summed E-state index contributed by atoms with van der Waals surface area (Å²) in [5, 5.41) is 14.5. The van der Waals surface area contributed by atoms with E-state index >= 15 is 0 Å². The van der Waals surface area contributed by atoms with Gasteiger partial charge in [0.05, 0.1) is 0 Å². The van der Waals surface area contributed by atoms with E-state index in [9.17, 15) is 9.59 Å². The number of carbonyl (C=O) groups excluding carboxylic acids is 2. The van der Waals surface area contributed by atoms with Gasteiger partial charge in [-0.15, -0.1) is 0 Å². The van der Waals surface area contributed by atoms with Crippen LogP contribution in [0.1, 0.15) is 0 Å². The Morgan fingerprint density at radius 3 is 1.20 bits per heavy atom. The highest BCUT2D eigenvalue weighted by Crippen LogP contribution is 1.44. The monoisotopic (exact) mass is 140 g/mol. The van der Waals surface area contributed by atoms with Crippen LogP contribution in [0, 0.1) is 22.7 Å². The topological polar surface area (TPSA) is 134 Å². The first-order valence-electron chi connectivity index (χ1n) is 1.93. The summed E-state index contributed by atoms with van der Waals surface area (Å²) in [6.07, 6.45) is 0. The van der Waals surface area contributed by atoms with Gasteiger partial charge in [0, 0.05) is 0 Å². The SMILES string of the molecule is N#CC#N.NC(=O)C(N)=O. The molecular weight excluding hydrogens is 136 g/mol. The van der Waals surface area contributed by atoms with Crippen LogP contribution in [0.4, 0.5) is 0 Å². The van der Waals surface area contributed by atoms with Gasteiger partial charge >= 0.3 is 11.8 Å². The number of nitriles is 2. The number of rotatable bonds is 0. The molecule has 6 heteroatoms. The summed E-state index contributed by atoms with van der Waals surface area (Å²) < 4.78 is 0. The molecule has 0 saturated heterocycles. The molecule has 4 N–H and O–H groups in total. The average molecular weight is 140 g/mol. The second-order valence-electron chi connectivity index (χ2n) is 0.952. The molecule has 0 aromatic heterocycles. The summed E-state index contributed by atoms with van der Waals surface area (Å²) in [6, 6.07) is 2.47. The zero-order valence-corrected chi connectivity index (χ0v) is 4.87. The lowest BCUT2D eigenvalue weighted by molar-refractivity contribution is -0.135. The van der Waals surface area contributed by atoms with E-state index in [2.05, 4.69) is 11.5 Å². The van der Waals surface area contributed by atoms with Crippen molar-refractivity contribution in [3.8, 4) is 12.1 Å². The predicted octanol–water partition coefficient (Wildman–Crippen LogP) is -2.01. The lowest BCUT2D eigenvalue weighted by atomic mass is 10.6. The third kappa shape index (κ3) is 16.8. The summed E-state index contributed by atoms with van der Waals surface area (Å²) in [5.41, 5.74) is 8.64. The van der Waals surface area contributed by atoms with Crippen LogP contribution in [-0.2, 0) is 9.59 Å². The molecule has 0 aromatic rings. The summed E-state index contributed by atoms with van der Waals surface area (Å²) >= 11 is 0. The molecule has 0 rings (SSSR count). The minimum atomic E-state index is -1.10. The molecule has 0 atom stereocenters. The maximum absolute atomic E-state index is 9.45. The third-order valence-electron chi connectivity index (χ3n) is 0.293. The number of nitrogens with two attached hydrogens (primary N) is 2. The van der Waals surface area contributed by atoms with Gasteiger partial charge in [0.2, 0.25) is 0 Å². The van der Waals surface area contributed by atoms with Crippen LogP contribution in [0.2, 0.25) is 0 Å². The number of hydrogen-bond acceptors (Lipinski definition) is 4. The molecule has 0 aliphatic carbocycles. The Balaban J connectivity index is 0. The second kappa shape index (κ2) is 6.92. The highest BCUT2D eigenvalue weighted by molar-refractivity contribution is 6.33. The molecule has 6 nitrogen and oxygen atoms in total. The largest absolute Gasteiger partial charge is 0.361 e. The number of carbonyl (C=O) groups is 2. The van der Waals surface area contributed by atoms with Crippen LogP contribution < -0.4 is 11.5 Å². The van der Waals surface area contributed by atoms with E-state index in [-0.39, 0.29) is 0 Å². The molecule has 0 spiro atoms. The highest BCUT2D eigenvalue weighted by atomic mass is 16.2. The van der Waals surface area contributed by atoms with E-state index in [1.807, 2.05) is 0 Å². The van der Waals surface area contributed by atoms with E-state index in [0.29, 0.717) is 0 Å². The summed E-state index contributed by atoms with van der Waals surface area (Å²) in [7, 11) is 0. The van der Waals surface area contributed by atoms with E-state index in [1.54, 1.807) is 0 Å². The van der Waals surface area contributed by atoms with Gasteiger partial charge in [-0.2, -0.15) is 10.5 Å². The van der Waals surface area contributed by atoms with Crippen molar-refractivity contribution in [2.75, 3.05) is 0 Å². The molecule has 0 unspecified atom stereocenters. The fourth-order valence-corrected chi connectivity index (χ4v) is 0. The van der Waals surface area contributed by atoms with Crippen molar-refractivity contribution in [1.29, 1.82) is 10.5 Å². The van der Waals surface area contributed by atoms with Crippen molar-refractivity contribution < 1.29 is 9.59 Å². The second-order valence-corrected chi connectivity index (χ2v) is 0.952. The lowest BCUT2D eigenvalue weighted by Gasteiger charge is -1.75. The quantitative estimate of drug-likeness (QED) is 0.376. The van der Waals surface area contributed by atoms with E-state index in [1.165, 1.54) is 12.1 Å². The molecule has 0 fully saturated rings. The number of amides is 2. The lowest BCUT2D eigenvalue weighted by Crippen LogP contribution is -2.29. The van der Waals surface area contributed by atoms with Crippen LogP contribution in [0.5, 0.6) is 0 Å². The van der Waals surface area contributed by atoms with E-state index < -0.39 is 11.8 Å². The first kappa shape index (κ1) is 10.8. The van der Waals surface area contributed by atoms with Crippen LogP contribution in [0.25, 0.3) is 0 Å². The molecule has 10 heavy (non-hydrogen) atoms. The minimum absolute atomic E-state index is 1.10. The molecule has 0 heterocycles. The van der Waals surface area contributed by atoms with Gasteiger partial charge in [-0.3, -0.25) is 9.59 Å². The van der Waals surface area contributed by atoms with Crippen LogP contribution in [0.15, 0.2) is 0 Å². The maximum atomic E-state index is 9.45. The first-order chi connectivity index (χ1) is 4.56. The van der Waals surface area contributed by atoms with Crippen LogP contribution in [-0.4, -0.2) is 11.8 Å². The van der Waals surface area contributed by atoms with Crippen LogP contribution in [0.3, 0.4) is 0 Å². The predicted molar refractivity (Wildman–Crippen MR) is 29.6 cm³/mol. The number of primary amides is 2. The van der Waals surface area contributed by atoms with Gasteiger partial charge in [0.1, 0.15) is 0 Å². The Morgan fingerprint density at radius 2 is 1.20 bits per heavy atom. The Morgan fingerprint density at radius 1 is 1.00 bits per heavy atom. The molecular formula is C4H4N4O2. The van der Waals surface area contributed by atoms with E-state index in [4.69, 9.17) is 10.5 Å². The summed E-state index contributed by atoms with van der Waals surface area (Å²) in [4.78, 5) is 18.9. The number of nitrogens with zero attached hydrogens (tertiary/aromatic N) is 2. The Kier molecular flexibility index (Phi) is 7.49. The molecule has 0 aliphatic heterocycles. The zero-order valence-electron chi connectivity index (χ0n) is 4.87. The van der Waals surface area contributed by atoms with Crippen molar-refractivity contribution in [2.24, 2.45) is 11.5 Å². The molecule has 2 amide bonds. The number of hydrogen-bond donors (Lipinski definition) is 2. The fourth-order valence-electron chi connectivity index (χ4n) is 0. The van der Waals surface area contributed by atoms with Gasteiger partial charge < -0.3 is 11.5 Å². The van der Waals surface area contributed by atoms with Crippen molar-refractivity contribution in [1.82, 2.24) is 0 Å². The Hall–Kier alpha value is -2.08. The van der Waals surface area contributed by atoms with Crippen molar-refractivity contribution in [3.05, 3.63) is 0 Å². The standard InChI is InChI=1S/C2H4N2O2.C2N2/c3-1(5)2(4)6;3-1-2-4/h(H2,3,5)(H2,4,6);. The molecule has 0 saturated carbocycles. The Labute approximate surface area is 56.6 Å². The van der Waals surface area contributed by atoms with Crippen molar-refractivity contribution in [2.45, 2.75) is 0 Å². The van der Waals surface area contributed by atoms with Crippen molar-refractivity contribution in [3.63, 3.8) is 0 Å². The van der Waals surface area contributed by atoms with Gasteiger partial charge in [-0.05, 0) is 0 Å². The third-order valence-corrected chi connectivity index (χ3v) is 0.293. The molecule has 0 aliphatic rings. The van der Waals surface area contributed by atoms with Crippen LogP contribution >= 0.6 is 0 Å². The average Bonchev–Trinajstić information content (AvgIpc) is 1.89. The summed E-state index contributed by atoms with van der Waals surface area (Å²) in [6.45, 7) is 0. The van der Waals surface area contributed by atoms with Gasteiger partial charge in [-0.25, -0.2) is 0 Å². The van der Waals surface area contributed by atoms with Gasteiger partial charge in [0.15, 0.2) is 12.1 Å². The molecule has 0 bridgehead atoms. The zero-order chi connectivity index (χ0) is 8.57. The smallest absolute Gasteiger partial charge is 0.306 e.